The molecule has 0 spiro atoms. The van der Waals surface area contributed by atoms with Gasteiger partial charge in [-0.05, 0) is 30.2 Å². The zero-order valence-corrected chi connectivity index (χ0v) is 11.6. The molecule has 1 N–H and O–H groups in total. The van der Waals surface area contributed by atoms with Crippen LogP contribution in [0.2, 0.25) is 0 Å². The summed E-state index contributed by atoms with van der Waals surface area (Å²) in [4.78, 5) is 6.70. The molecule has 1 aromatic carbocycles. The second-order valence-corrected chi connectivity index (χ2v) is 5.15. The minimum Gasteiger partial charge on any atom is -0.367 e. The molecule has 1 aromatic heterocycles. The number of fused-ring (bicyclic) bond motifs is 1. The van der Waals surface area contributed by atoms with Crippen LogP contribution in [0.5, 0.6) is 0 Å². The Bertz CT molecular complexity index is 573. The molecule has 0 amide bonds. The number of aromatic nitrogens is 2. The summed E-state index contributed by atoms with van der Waals surface area (Å²) in [5, 5.41) is 3.43. The van der Waals surface area contributed by atoms with Gasteiger partial charge in [-0.1, -0.05) is 12.1 Å². The number of rotatable bonds is 3. The minimum absolute atomic E-state index is 0.841. The Labute approximate surface area is 114 Å². The summed E-state index contributed by atoms with van der Waals surface area (Å²) in [5.41, 5.74) is 4.25. The van der Waals surface area contributed by atoms with Crippen molar-refractivity contribution in [1.29, 1.82) is 0 Å². The molecule has 0 atom stereocenters. The monoisotopic (exact) mass is 256 g/mol. The predicted molar refractivity (Wildman–Crippen MR) is 77.2 cm³/mol. The van der Waals surface area contributed by atoms with Crippen molar-refractivity contribution < 1.29 is 0 Å². The highest BCUT2D eigenvalue weighted by Crippen LogP contribution is 2.26. The highest BCUT2D eigenvalue weighted by molar-refractivity contribution is 5.57. The molecule has 3 rings (SSSR count). The highest BCUT2D eigenvalue weighted by atomic mass is 15.2. The molecule has 2 heterocycles. The zero-order valence-electron chi connectivity index (χ0n) is 11.6. The predicted octanol–water partition coefficient (Wildman–Crippen LogP) is 1.70. The second kappa shape index (κ2) is 5.05. The summed E-state index contributed by atoms with van der Waals surface area (Å²) in [6, 6.07) is 6.59. The number of nitrogens with one attached hydrogen (secondary N) is 1. The van der Waals surface area contributed by atoms with Crippen molar-refractivity contribution in [3.63, 3.8) is 0 Å². The molecule has 19 heavy (non-hydrogen) atoms. The Morgan fingerprint density at radius 3 is 3.11 bits per heavy atom. The molecular weight excluding hydrogens is 236 g/mol. The fraction of sp³-hybridized carbons (Fsp3) is 0.400. The maximum absolute atomic E-state index is 4.40. The first kappa shape index (κ1) is 12.2. The maximum atomic E-state index is 4.40. The number of imidazole rings is 1. The van der Waals surface area contributed by atoms with Gasteiger partial charge in [0.25, 0.3) is 0 Å². The van der Waals surface area contributed by atoms with Gasteiger partial charge in [0, 0.05) is 38.7 Å². The lowest BCUT2D eigenvalue weighted by atomic mass is 9.98. The molecular formula is C15H20N4. The maximum Gasteiger partial charge on any atom is 0.127 e. The summed E-state index contributed by atoms with van der Waals surface area (Å²) < 4.78 is 2.08. The SMILES string of the molecule is CN(Cc1nccn1C)c1cccc2c1CCNC2. The Kier molecular flexibility index (Phi) is 3.25. The number of hydrogen-bond donors (Lipinski definition) is 1. The molecule has 4 nitrogen and oxygen atoms in total. The third kappa shape index (κ3) is 2.36. The number of hydrogen-bond acceptors (Lipinski definition) is 3. The largest absolute Gasteiger partial charge is 0.367 e. The van der Waals surface area contributed by atoms with Gasteiger partial charge in [-0.2, -0.15) is 0 Å². The molecule has 0 fully saturated rings. The first-order chi connectivity index (χ1) is 9.25. The first-order valence-corrected chi connectivity index (χ1v) is 6.74. The molecule has 0 radical (unpaired) electrons. The highest BCUT2D eigenvalue weighted by Gasteiger charge is 2.15. The van der Waals surface area contributed by atoms with E-state index in [2.05, 4.69) is 45.0 Å². The van der Waals surface area contributed by atoms with Gasteiger partial charge in [0.2, 0.25) is 0 Å². The number of aryl methyl sites for hydroxylation is 1. The number of benzene rings is 1. The lowest BCUT2D eigenvalue weighted by Crippen LogP contribution is -2.27. The van der Waals surface area contributed by atoms with E-state index >= 15 is 0 Å². The fourth-order valence-electron chi connectivity index (χ4n) is 2.72. The molecule has 0 saturated heterocycles. The Morgan fingerprint density at radius 1 is 1.42 bits per heavy atom. The van der Waals surface area contributed by atoms with E-state index < -0.39 is 0 Å². The van der Waals surface area contributed by atoms with Gasteiger partial charge in [0.15, 0.2) is 0 Å². The molecule has 0 bridgehead atoms. The smallest absolute Gasteiger partial charge is 0.127 e. The lowest BCUT2D eigenvalue weighted by Gasteiger charge is -2.26. The van der Waals surface area contributed by atoms with Gasteiger partial charge >= 0.3 is 0 Å². The normalized spacial score (nSPS) is 14.2. The average molecular weight is 256 g/mol. The third-order valence-electron chi connectivity index (χ3n) is 3.83. The van der Waals surface area contributed by atoms with Crippen LogP contribution in [0, 0.1) is 0 Å². The van der Waals surface area contributed by atoms with E-state index in [1.54, 1.807) is 0 Å². The number of nitrogens with zero attached hydrogens (tertiary/aromatic N) is 3. The van der Waals surface area contributed by atoms with Crippen LogP contribution in [0.1, 0.15) is 17.0 Å². The fourth-order valence-corrected chi connectivity index (χ4v) is 2.72. The van der Waals surface area contributed by atoms with Gasteiger partial charge in [-0.25, -0.2) is 4.98 Å². The third-order valence-corrected chi connectivity index (χ3v) is 3.83. The van der Waals surface area contributed by atoms with Gasteiger partial charge in [0.05, 0.1) is 6.54 Å². The van der Waals surface area contributed by atoms with Crippen molar-refractivity contribution >= 4 is 5.69 Å². The van der Waals surface area contributed by atoms with E-state index in [0.29, 0.717) is 0 Å². The lowest BCUT2D eigenvalue weighted by molar-refractivity contribution is 0.641. The average Bonchev–Trinajstić information content (AvgIpc) is 2.83. The minimum atomic E-state index is 0.841. The molecule has 4 heteroatoms. The standard InChI is InChI=1S/C15H20N4/c1-18-9-8-17-15(18)11-19(2)14-5-3-4-12-10-16-7-6-13(12)14/h3-5,8-9,16H,6-7,10-11H2,1-2H3. The van der Waals surface area contributed by atoms with Crippen LogP contribution in [0.4, 0.5) is 5.69 Å². The van der Waals surface area contributed by atoms with E-state index in [0.717, 1.165) is 31.9 Å². The van der Waals surface area contributed by atoms with Crippen LogP contribution < -0.4 is 10.2 Å². The van der Waals surface area contributed by atoms with E-state index in [-0.39, 0.29) is 0 Å². The van der Waals surface area contributed by atoms with Gasteiger partial charge in [-0.3, -0.25) is 0 Å². The van der Waals surface area contributed by atoms with Gasteiger partial charge < -0.3 is 14.8 Å². The quantitative estimate of drug-likeness (QED) is 0.907. The zero-order chi connectivity index (χ0) is 13.2. The first-order valence-electron chi connectivity index (χ1n) is 6.74. The van der Waals surface area contributed by atoms with Crippen molar-refractivity contribution in [1.82, 2.24) is 14.9 Å². The molecule has 0 saturated carbocycles. The van der Waals surface area contributed by atoms with E-state index in [1.807, 2.05) is 19.4 Å². The number of anilines is 1. The van der Waals surface area contributed by atoms with Crippen molar-refractivity contribution in [2.75, 3.05) is 18.5 Å². The van der Waals surface area contributed by atoms with E-state index in [9.17, 15) is 0 Å². The van der Waals surface area contributed by atoms with Crippen LogP contribution in [-0.4, -0.2) is 23.1 Å². The van der Waals surface area contributed by atoms with Crippen molar-refractivity contribution in [2.45, 2.75) is 19.5 Å². The molecule has 0 aliphatic carbocycles. The van der Waals surface area contributed by atoms with Crippen molar-refractivity contribution in [3.05, 3.63) is 47.5 Å². The van der Waals surface area contributed by atoms with Crippen LogP contribution in [0.25, 0.3) is 0 Å². The topological polar surface area (TPSA) is 33.1 Å². The summed E-state index contributed by atoms with van der Waals surface area (Å²) in [6.45, 7) is 2.90. The molecule has 0 unspecified atom stereocenters. The molecule has 100 valence electrons. The second-order valence-electron chi connectivity index (χ2n) is 5.15. The molecule has 1 aliphatic heterocycles. The summed E-state index contributed by atoms with van der Waals surface area (Å²) in [5.74, 6) is 1.09. The van der Waals surface area contributed by atoms with Gasteiger partial charge in [0.1, 0.15) is 5.82 Å². The van der Waals surface area contributed by atoms with E-state index in [1.165, 1.54) is 16.8 Å². The van der Waals surface area contributed by atoms with Crippen LogP contribution >= 0.6 is 0 Å². The molecule has 2 aromatic rings. The Balaban J connectivity index is 1.87. The van der Waals surface area contributed by atoms with Crippen LogP contribution in [0.3, 0.4) is 0 Å². The van der Waals surface area contributed by atoms with Crippen LogP contribution in [-0.2, 0) is 26.6 Å². The summed E-state index contributed by atoms with van der Waals surface area (Å²) in [6.07, 6.45) is 4.96. The van der Waals surface area contributed by atoms with Crippen LogP contribution in [0.15, 0.2) is 30.6 Å². The molecule has 1 aliphatic rings. The Hall–Kier alpha value is -1.81. The summed E-state index contributed by atoms with van der Waals surface area (Å²) in [7, 11) is 4.19. The summed E-state index contributed by atoms with van der Waals surface area (Å²) >= 11 is 0. The van der Waals surface area contributed by atoms with Crippen molar-refractivity contribution in [2.24, 2.45) is 7.05 Å². The Morgan fingerprint density at radius 2 is 2.32 bits per heavy atom. The van der Waals surface area contributed by atoms with Gasteiger partial charge in [-0.15, -0.1) is 0 Å². The van der Waals surface area contributed by atoms with E-state index in [4.69, 9.17) is 0 Å². The van der Waals surface area contributed by atoms with Crippen molar-refractivity contribution in [3.8, 4) is 0 Å².